The van der Waals surface area contributed by atoms with Crippen molar-refractivity contribution in [2.45, 2.75) is 10.6 Å². The highest BCUT2D eigenvalue weighted by Crippen LogP contribution is 2.29. The first-order valence-corrected chi connectivity index (χ1v) is 7.00. The second-order valence-electron chi connectivity index (χ2n) is 3.68. The highest BCUT2D eigenvalue weighted by atomic mass is 35.5. The lowest BCUT2D eigenvalue weighted by Gasteiger charge is -2.04. The molecule has 0 N–H and O–H groups in total. The number of rotatable bonds is 3. The van der Waals surface area contributed by atoms with Gasteiger partial charge in [-0.05, 0) is 35.9 Å². The van der Waals surface area contributed by atoms with E-state index < -0.39 is 0 Å². The zero-order chi connectivity index (χ0) is 13.0. The van der Waals surface area contributed by atoms with E-state index in [1.807, 2.05) is 30.3 Å². The molecule has 90 valence electrons. The van der Waals surface area contributed by atoms with Gasteiger partial charge in [-0.2, -0.15) is 5.26 Å². The molecule has 2 aromatic rings. The van der Waals surface area contributed by atoms with Crippen LogP contribution in [0.1, 0.15) is 11.1 Å². The van der Waals surface area contributed by atoms with Gasteiger partial charge < -0.3 is 0 Å². The molecular formula is C14H9Cl2NS. The van der Waals surface area contributed by atoms with Crippen LogP contribution in [0, 0.1) is 11.3 Å². The van der Waals surface area contributed by atoms with Crippen molar-refractivity contribution >= 4 is 35.0 Å². The van der Waals surface area contributed by atoms with Crippen LogP contribution in [0.25, 0.3) is 0 Å². The van der Waals surface area contributed by atoms with Gasteiger partial charge in [0.15, 0.2) is 0 Å². The standard InChI is InChI=1S/C14H9Cl2NS/c15-13-5-4-12(7-14(13)16)18-9-11-3-1-2-10(6-11)8-17/h1-7H,9H2. The van der Waals surface area contributed by atoms with Crippen molar-refractivity contribution in [3.8, 4) is 6.07 Å². The Hall–Kier alpha value is -1.14. The number of hydrogen-bond donors (Lipinski definition) is 0. The Morgan fingerprint density at radius 2 is 1.89 bits per heavy atom. The molecule has 18 heavy (non-hydrogen) atoms. The quantitative estimate of drug-likeness (QED) is 0.730. The Labute approximate surface area is 120 Å². The van der Waals surface area contributed by atoms with Crippen LogP contribution in [-0.4, -0.2) is 0 Å². The Morgan fingerprint density at radius 1 is 1.06 bits per heavy atom. The van der Waals surface area contributed by atoms with Crippen molar-refractivity contribution in [1.82, 2.24) is 0 Å². The van der Waals surface area contributed by atoms with Gasteiger partial charge >= 0.3 is 0 Å². The van der Waals surface area contributed by atoms with E-state index in [0.29, 0.717) is 15.6 Å². The summed E-state index contributed by atoms with van der Waals surface area (Å²) < 4.78 is 0. The van der Waals surface area contributed by atoms with E-state index in [1.54, 1.807) is 23.9 Å². The molecule has 0 atom stereocenters. The van der Waals surface area contributed by atoms with Crippen LogP contribution in [0.15, 0.2) is 47.4 Å². The average molecular weight is 294 g/mol. The monoisotopic (exact) mass is 293 g/mol. The largest absolute Gasteiger partial charge is 0.192 e. The molecule has 0 heterocycles. The molecule has 0 saturated carbocycles. The SMILES string of the molecule is N#Cc1cccc(CSc2ccc(Cl)c(Cl)c2)c1. The van der Waals surface area contributed by atoms with E-state index in [9.17, 15) is 0 Å². The normalized spacial score (nSPS) is 10.1. The Morgan fingerprint density at radius 3 is 2.61 bits per heavy atom. The number of hydrogen-bond acceptors (Lipinski definition) is 2. The molecule has 0 unspecified atom stereocenters. The van der Waals surface area contributed by atoms with Gasteiger partial charge in [-0.15, -0.1) is 11.8 Å². The molecule has 2 rings (SSSR count). The topological polar surface area (TPSA) is 23.8 Å². The minimum Gasteiger partial charge on any atom is -0.192 e. The van der Waals surface area contributed by atoms with Crippen molar-refractivity contribution < 1.29 is 0 Å². The maximum absolute atomic E-state index is 8.83. The first kappa shape index (κ1) is 13.3. The predicted molar refractivity (Wildman–Crippen MR) is 77.2 cm³/mol. The highest BCUT2D eigenvalue weighted by molar-refractivity contribution is 7.98. The van der Waals surface area contributed by atoms with Gasteiger partial charge in [-0.3, -0.25) is 0 Å². The first-order valence-electron chi connectivity index (χ1n) is 5.26. The maximum Gasteiger partial charge on any atom is 0.0991 e. The Balaban J connectivity index is 2.07. The molecule has 0 radical (unpaired) electrons. The molecule has 1 nitrogen and oxygen atoms in total. The van der Waals surface area contributed by atoms with Crippen LogP contribution in [0.2, 0.25) is 10.0 Å². The summed E-state index contributed by atoms with van der Waals surface area (Å²) in [5.74, 6) is 0.799. The molecule has 0 aromatic heterocycles. The fourth-order valence-corrected chi connectivity index (χ4v) is 2.71. The van der Waals surface area contributed by atoms with E-state index in [0.717, 1.165) is 16.2 Å². The minimum absolute atomic E-state index is 0.562. The van der Waals surface area contributed by atoms with Crippen LogP contribution < -0.4 is 0 Å². The smallest absolute Gasteiger partial charge is 0.0991 e. The Kier molecular flexibility index (Phi) is 4.54. The van der Waals surface area contributed by atoms with E-state index >= 15 is 0 Å². The number of halogens is 2. The molecular weight excluding hydrogens is 285 g/mol. The molecule has 0 aliphatic carbocycles. The summed E-state index contributed by atoms with van der Waals surface area (Å²) in [7, 11) is 0. The van der Waals surface area contributed by atoms with E-state index in [1.165, 1.54) is 0 Å². The van der Waals surface area contributed by atoms with Crippen molar-refractivity contribution in [3.05, 3.63) is 63.6 Å². The van der Waals surface area contributed by atoms with Crippen LogP contribution in [0.3, 0.4) is 0 Å². The lowest BCUT2D eigenvalue weighted by molar-refractivity contribution is 1.36. The summed E-state index contributed by atoms with van der Waals surface area (Å²) >= 11 is 13.5. The van der Waals surface area contributed by atoms with Crippen LogP contribution in [-0.2, 0) is 5.75 Å². The number of thioether (sulfide) groups is 1. The van der Waals surface area contributed by atoms with Gasteiger partial charge in [-0.25, -0.2) is 0 Å². The number of nitriles is 1. The minimum atomic E-state index is 0.562. The van der Waals surface area contributed by atoms with Gasteiger partial charge in [-0.1, -0.05) is 35.3 Å². The van der Waals surface area contributed by atoms with Crippen LogP contribution >= 0.6 is 35.0 Å². The second-order valence-corrected chi connectivity index (χ2v) is 5.54. The van der Waals surface area contributed by atoms with Crippen molar-refractivity contribution in [2.75, 3.05) is 0 Å². The van der Waals surface area contributed by atoms with Gasteiger partial charge in [0.05, 0.1) is 21.7 Å². The molecule has 0 fully saturated rings. The molecule has 0 bridgehead atoms. The van der Waals surface area contributed by atoms with E-state index in [4.69, 9.17) is 28.5 Å². The third kappa shape index (κ3) is 3.43. The third-order valence-electron chi connectivity index (χ3n) is 2.35. The lowest BCUT2D eigenvalue weighted by atomic mass is 10.2. The average Bonchev–Trinajstić information content (AvgIpc) is 2.40. The molecule has 0 amide bonds. The summed E-state index contributed by atoms with van der Waals surface area (Å²) in [4.78, 5) is 1.06. The summed E-state index contributed by atoms with van der Waals surface area (Å²) in [5, 5.41) is 9.95. The lowest BCUT2D eigenvalue weighted by Crippen LogP contribution is -1.83. The fraction of sp³-hybridized carbons (Fsp3) is 0.0714. The molecule has 0 spiro atoms. The molecule has 0 aliphatic heterocycles. The van der Waals surface area contributed by atoms with Gasteiger partial charge in [0.1, 0.15) is 0 Å². The zero-order valence-corrected chi connectivity index (χ0v) is 11.7. The second kappa shape index (κ2) is 6.15. The summed E-state index contributed by atoms with van der Waals surface area (Å²) in [6, 6.07) is 15.3. The van der Waals surface area contributed by atoms with Gasteiger partial charge in [0.25, 0.3) is 0 Å². The van der Waals surface area contributed by atoms with Crippen LogP contribution in [0.5, 0.6) is 0 Å². The highest BCUT2D eigenvalue weighted by Gasteiger charge is 2.01. The first-order chi connectivity index (χ1) is 8.69. The molecule has 0 aliphatic rings. The van der Waals surface area contributed by atoms with Crippen LogP contribution in [0.4, 0.5) is 0 Å². The van der Waals surface area contributed by atoms with E-state index in [2.05, 4.69) is 6.07 Å². The van der Waals surface area contributed by atoms with Crippen molar-refractivity contribution in [1.29, 1.82) is 5.26 Å². The summed E-state index contributed by atoms with van der Waals surface area (Å²) in [6.45, 7) is 0. The summed E-state index contributed by atoms with van der Waals surface area (Å²) in [6.07, 6.45) is 0. The number of benzene rings is 2. The maximum atomic E-state index is 8.83. The van der Waals surface area contributed by atoms with E-state index in [-0.39, 0.29) is 0 Å². The van der Waals surface area contributed by atoms with Crippen molar-refractivity contribution in [3.63, 3.8) is 0 Å². The van der Waals surface area contributed by atoms with Gasteiger partial charge in [0.2, 0.25) is 0 Å². The molecule has 2 aromatic carbocycles. The van der Waals surface area contributed by atoms with Gasteiger partial charge in [0, 0.05) is 10.6 Å². The van der Waals surface area contributed by atoms with Crippen molar-refractivity contribution in [2.24, 2.45) is 0 Å². The molecule has 4 heteroatoms. The number of nitrogens with zero attached hydrogens (tertiary/aromatic N) is 1. The summed E-state index contributed by atoms with van der Waals surface area (Å²) in [5.41, 5.74) is 1.80. The zero-order valence-electron chi connectivity index (χ0n) is 9.36. The Bertz CT molecular complexity index is 605. The molecule has 0 saturated heterocycles. The predicted octanol–water partition coefficient (Wildman–Crippen LogP) is 5.16. The fourth-order valence-electron chi connectivity index (χ4n) is 1.46. The third-order valence-corrected chi connectivity index (χ3v) is 4.16.